The van der Waals surface area contributed by atoms with Crippen molar-refractivity contribution in [2.45, 2.75) is 95.7 Å². The smallest absolute Gasteiger partial charge is 0.238 e. The lowest BCUT2D eigenvalue weighted by Crippen LogP contribution is -2.59. The third-order valence-corrected chi connectivity index (χ3v) is 12.5. The molecule has 6 heterocycles. The highest BCUT2D eigenvalue weighted by Gasteiger charge is 2.56. The third-order valence-electron chi connectivity index (χ3n) is 12.5. The van der Waals surface area contributed by atoms with Crippen LogP contribution in [-0.4, -0.2) is 79.4 Å². The van der Waals surface area contributed by atoms with Crippen LogP contribution in [0.25, 0.3) is 22.3 Å². The quantitative estimate of drug-likeness (QED) is 0.246. The van der Waals surface area contributed by atoms with E-state index in [1.165, 1.54) is 45.0 Å². The second-order valence-electron chi connectivity index (χ2n) is 15.8. The zero-order valence-electron chi connectivity index (χ0n) is 29.2. The summed E-state index contributed by atoms with van der Waals surface area (Å²) in [5.41, 5.74) is 5.37. The lowest BCUT2D eigenvalue weighted by atomic mass is 9.73. The van der Waals surface area contributed by atoms with Gasteiger partial charge >= 0.3 is 0 Å². The zero-order valence-corrected chi connectivity index (χ0v) is 29.2. The molecule has 2 saturated carbocycles. The first-order valence-corrected chi connectivity index (χ1v) is 18.4. The topological polar surface area (TPSA) is 99.5 Å². The standard InChI is InChI=1S/C39H45FN8O2/c1-24(2)47-23-42-33-20-32(44-36(35(33)47)43-31-7-13-41-21-30(31)40)26-5-6-29-34(17-26)48(37(50)39(29)11-15-45(16-12-39)25(3)49)28-18-27(19-28)46-14-4-8-38(22-46)9-10-38/h5-7,13,17,20-21,23-24,27-28H,4,8-12,14-16,18-19,22H2,1-3H3,(H,41,43,44)/t27-,28+. The molecule has 11 heteroatoms. The number of nitrogens with zero attached hydrogens (tertiary/aromatic N) is 7. The van der Waals surface area contributed by atoms with Crippen LogP contribution in [0.3, 0.4) is 0 Å². The average molecular weight is 677 g/mol. The first-order valence-electron chi connectivity index (χ1n) is 18.4. The molecule has 2 aliphatic carbocycles. The molecular weight excluding hydrogens is 631 g/mol. The number of nitrogens with one attached hydrogen (secondary N) is 1. The minimum Gasteiger partial charge on any atom is -0.343 e. The number of carbonyl (C=O) groups excluding carboxylic acids is 2. The Labute approximate surface area is 292 Å². The molecule has 5 aliphatic rings. The number of aromatic nitrogens is 4. The van der Waals surface area contributed by atoms with E-state index in [1.54, 1.807) is 25.5 Å². The van der Waals surface area contributed by atoms with Gasteiger partial charge in [0.05, 0.1) is 34.8 Å². The number of amides is 2. The number of rotatable bonds is 6. The Bertz CT molecular complexity index is 2010. The van der Waals surface area contributed by atoms with Crippen molar-refractivity contribution in [1.82, 2.24) is 29.3 Å². The van der Waals surface area contributed by atoms with Crippen molar-refractivity contribution in [3.05, 3.63) is 60.4 Å². The summed E-state index contributed by atoms with van der Waals surface area (Å²) in [6.45, 7) is 9.31. The van der Waals surface area contributed by atoms with Crippen LogP contribution in [-0.2, 0) is 15.0 Å². The molecule has 2 amide bonds. The van der Waals surface area contributed by atoms with Crippen molar-refractivity contribution in [2.24, 2.45) is 5.41 Å². The number of halogens is 1. The average Bonchev–Trinajstić information content (AvgIpc) is 3.60. The van der Waals surface area contributed by atoms with Gasteiger partial charge in [-0.3, -0.25) is 19.5 Å². The van der Waals surface area contributed by atoms with Crippen molar-refractivity contribution >= 4 is 40.0 Å². The van der Waals surface area contributed by atoms with E-state index in [1.807, 2.05) is 15.5 Å². The normalized spacial score (nSPS) is 23.9. The van der Waals surface area contributed by atoms with Gasteiger partial charge in [0.15, 0.2) is 11.6 Å². The number of anilines is 3. The molecule has 9 rings (SSSR count). The molecule has 1 aromatic carbocycles. The van der Waals surface area contributed by atoms with E-state index >= 15 is 0 Å². The molecule has 0 radical (unpaired) electrons. The van der Waals surface area contributed by atoms with E-state index in [-0.39, 0.29) is 29.6 Å². The van der Waals surface area contributed by atoms with Crippen molar-refractivity contribution in [2.75, 3.05) is 36.4 Å². The Kier molecular flexibility index (Phi) is 7.32. The van der Waals surface area contributed by atoms with E-state index in [0.29, 0.717) is 48.9 Å². The number of likely N-dealkylation sites (tertiary alicyclic amines) is 2. The van der Waals surface area contributed by atoms with E-state index < -0.39 is 11.2 Å². The van der Waals surface area contributed by atoms with Gasteiger partial charge in [0.2, 0.25) is 11.8 Å². The van der Waals surface area contributed by atoms with Crippen molar-refractivity contribution in [3.8, 4) is 11.3 Å². The Morgan fingerprint density at radius 1 is 1.02 bits per heavy atom. The van der Waals surface area contributed by atoms with Crippen LogP contribution in [0.5, 0.6) is 0 Å². The highest BCUT2D eigenvalue weighted by atomic mass is 19.1. The number of pyridine rings is 2. The summed E-state index contributed by atoms with van der Waals surface area (Å²) in [6.07, 6.45) is 13.2. The summed E-state index contributed by atoms with van der Waals surface area (Å²) < 4.78 is 16.9. The number of benzene rings is 1. The molecule has 260 valence electrons. The number of fused-ring (bicyclic) bond motifs is 3. The van der Waals surface area contributed by atoms with Gasteiger partial charge in [-0.1, -0.05) is 12.1 Å². The first kappa shape index (κ1) is 31.6. The summed E-state index contributed by atoms with van der Waals surface area (Å²) in [4.78, 5) is 47.4. The SMILES string of the molecule is CC(=O)N1CCC2(CC1)C(=O)N([C@H]1C[C@@H](N3CCCC4(CC4)C3)C1)c1cc(-c3cc4ncn(C(C)C)c4c(Nc4ccncc4F)n3)ccc12. The highest BCUT2D eigenvalue weighted by molar-refractivity contribution is 6.09. The number of piperidine rings is 2. The van der Waals surface area contributed by atoms with Gasteiger partial charge < -0.3 is 19.7 Å². The second kappa shape index (κ2) is 11.6. The zero-order chi connectivity index (χ0) is 34.4. The van der Waals surface area contributed by atoms with Gasteiger partial charge in [0, 0.05) is 62.1 Å². The van der Waals surface area contributed by atoms with E-state index in [4.69, 9.17) is 9.97 Å². The lowest BCUT2D eigenvalue weighted by Gasteiger charge is -2.49. The van der Waals surface area contributed by atoms with Crippen LogP contribution in [0.2, 0.25) is 0 Å². The highest BCUT2D eigenvalue weighted by Crippen LogP contribution is 2.55. The Balaban J connectivity index is 1.09. The molecule has 1 N–H and O–H groups in total. The summed E-state index contributed by atoms with van der Waals surface area (Å²) in [7, 11) is 0. The summed E-state index contributed by atoms with van der Waals surface area (Å²) in [5, 5.41) is 3.23. The molecule has 50 heavy (non-hydrogen) atoms. The predicted octanol–water partition coefficient (Wildman–Crippen LogP) is 6.59. The van der Waals surface area contributed by atoms with Crippen LogP contribution in [0.15, 0.2) is 49.1 Å². The Hall–Kier alpha value is -4.38. The van der Waals surface area contributed by atoms with Crippen LogP contribution in [0, 0.1) is 11.2 Å². The summed E-state index contributed by atoms with van der Waals surface area (Å²) in [5.74, 6) is 0.286. The molecular formula is C39H45FN8O2. The monoisotopic (exact) mass is 676 g/mol. The second-order valence-corrected chi connectivity index (χ2v) is 15.8. The molecule has 0 unspecified atom stereocenters. The molecule has 3 aliphatic heterocycles. The minimum absolute atomic E-state index is 0.0620. The van der Waals surface area contributed by atoms with Gasteiger partial charge in [-0.15, -0.1) is 0 Å². The van der Waals surface area contributed by atoms with Crippen LogP contribution in [0.4, 0.5) is 21.6 Å². The van der Waals surface area contributed by atoms with Crippen molar-refractivity contribution in [1.29, 1.82) is 0 Å². The van der Waals surface area contributed by atoms with Gasteiger partial charge in [0.1, 0.15) is 5.52 Å². The fourth-order valence-corrected chi connectivity index (χ4v) is 9.30. The minimum atomic E-state index is -0.632. The molecule has 0 atom stereocenters. The summed E-state index contributed by atoms with van der Waals surface area (Å²) in [6, 6.07) is 10.7. The predicted molar refractivity (Wildman–Crippen MR) is 191 cm³/mol. The molecule has 2 spiro atoms. The fourth-order valence-electron chi connectivity index (χ4n) is 9.30. The molecule has 10 nitrogen and oxygen atoms in total. The van der Waals surface area contributed by atoms with Crippen molar-refractivity contribution < 1.29 is 14.0 Å². The fraction of sp³-hybridized carbons (Fsp3) is 0.513. The summed E-state index contributed by atoms with van der Waals surface area (Å²) >= 11 is 0. The maximum atomic E-state index is 14.8. The maximum Gasteiger partial charge on any atom is 0.238 e. The lowest BCUT2D eigenvalue weighted by molar-refractivity contribution is -0.134. The Morgan fingerprint density at radius 2 is 1.82 bits per heavy atom. The number of hydrogen-bond donors (Lipinski definition) is 1. The van der Waals surface area contributed by atoms with E-state index in [0.717, 1.165) is 40.7 Å². The van der Waals surface area contributed by atoms with Gasteiger partial charge in [-0.25, -0.2) is 14.4 Å². The molecule has 3 aromatic heterocycles. The van der Waals surface area contributed by atoms with E-state index in [2.05, 4.69) is 52.1 Å². The van der Waals surface area contributed by atoms with Gasteiger partial charge in [-0.05, 0) is 101 Å². The third kappa shape index (κ3) is 5.02. The Morgan fingerprint density at radius 3 is 2.54 bits per heavy atom. The van der Waals surface area contributed by atoms with Gasteiger partial charge in [-0.2, -0.15) is 0 Å². The van der Waals surface area contributed by atoms with Crippen LogP contribution < -0.4 is 10.2 Å². The van der Waals surface area contributed by atoms with Crippen LogP contribution in [0.1, 0.15) is 83.7 Å². The maximum absolute atomic E-state index is 14.8. The number of hydrogen-bond acceptors (Lipinski definition) is 7. The largest absolute Gasteiger partial charge is 0.343 e. The molecule has 4 aromatic rings. The first-order chi connectivity index (χ1) is 24.1. The number of carbonyl (C=O) groups is 2. The van der Waals surface area contributed by atoms with Crippen LogP contribution >= 0.6 is 0 Å². The molecule has 4 fully saturated rings. The molecule has 0 bridgehead atoms. The molecule has 2 saturated heterocycles. The van der Waals surface area contributed by atoms with E-state index in [9.17, 15) is 14.0 Å². The van der Waals surface area contributed by atoms with Crippen molar-refractivity contribution in [3.63, 3.8) is 0 Å². The van der Waals surface area contributed by atoms with Gasteiger partial charge in [0.25, 0.3) is 0 Å². The number of imidazole rings is 1.